The number of carbonyl (C=O) groups is 6. The molecular weight excluding hydrogens is 500 g/mol. The summed E-state index contributed by atoms with van der Waals surface area (Å²) in [4.78, 5) is 79.1. The van der Waals surface area contributed by atoms with Crippen LogP contribution in [-0.4, -0.2) is 71.2 Å². The second-order valence-corrected chi connectivity index (χ2v) is 10.0. The van der Waals surface area contributed by atoms with E-state index in [0.29, 0.717) is 29.2 Å². The van der Waals surface area contributed by atoms with E-state index in [-0.39, 0.29) is 31.6 Å². The Labute approximate surface area is 220 Å². The van der Waals surface area contributed by atoms with Crippen molar-refractivity contribution in [1.29, 1.82) is 0 Å². The first-order valence-electron chi connectivity index (χ1n) is 12.1. The van der Waals surface area contributed by atoms with E-state index in [4.69, 9.17) is 4.84 Å². The number of benzene rings is 1. The zero-order chi connectivity index (χ0) is 27.4. The fraction of sp³-hybridized carbons (Fsp3) is 0.520. The standard InChI is InChI=1S/C25H34N4O7S/c1-16(2)13-19(27-23(33)18(26-15-30)11-12-37-3)24(34)28-20(14-17-7-5-4-6-8-17)25(35)36-29-21(31)9-10-22(29)32/h4-8,15-16,18-20H,9-14H2,1-3H3,(H,26,30)(H,27,33)(H,28,34)/t18-,19-,20-/m1/s1. The minimum atomic E-state index is -1.23. The van der Waals surface area contributed by atoms with E-state index in [0.717, 1.165) is 0 Å². The summed E-state index contributed by atoms with van der Waals surface area (Å²) in [5, 5.41) is 8.21. The first-order valence-corrected chi connectivity index (χ1v) is 13.5. The Morgan fingerprint density at radius 3 is 2.16 bits per heavy atom. The monoisotopic (exact) mass is 534 g/mol. The van der Waals surface area contributed by atoms with Crippen molar-refractivity contribution >= 4 is 47.8 Å². The maximum atomic E-state index is 13.3. The largest absolute Gasteiger partial charge is 0.355 e. The van der Waals surface area contributed by atoms with Crippen molar-refractivity contribution in [2.24, 2.45) is 5.92 Å². The van der Waals surface area contributed by atoms with Crippen molar-refractivity contribution in [2.45, 2.75) is 64.1 Å². The van der Waals surface area contributed by atoms with Gasteiger partial charge in [0, 0.05) is 19.3 Å². The van der Waals surface area contributed by atoms with Crippen molar-refractivity contribution in [3.8, 4) is 0 Å². The summed E-state index contributed by atoms with van der Waals surface area (Å²) in [6.07, 6.45) is 2.88. The highest BCUT2D eigenvalue weighted by molar-refractivity contribution is 7.98. The molecule has 0 unspecified atom stereocenters. The van der Waals surface area contributed by atoms with Crippen LogP contribution in [0.5, 0.6) is 0 Å². The van der Waals surface area contributed by atoms with Gasteiger partial charge in [0.2, 0.25) is 18.2 Å². The summed E-state index contributed by atoms with van der Waals surface area (Å²) < 4.78 is 0. The molecule has 1 aromatic rings. The van der Waals surface area contributed by atoms with Gasteiger partial charge in [0.1, 0.15) is 18.1 Å². The van der Waals surface area contributed by atoms with Crippen LogP contribution < -0.4 is 16.0 Å². The van der Waals surface area contributed by atoms with Crippen molar-refractivity contribution < 1.29 is 33.6 Å². The second-order valence-electron chi connectivity index (χ2n) is 9.05. The number of hydroxylamine groups is 2. The van der Waals surface area contributed by atoms with Gasteiger partial charge >= 0.3 is 5.97 Å². The third-order valence-electron chi connectivity index (χ3n) is 5.61. The molecule has 0 radical (unpaired) electrons. The number of carbonyl (C=O) groups excluding carboxylic acids is 6. The lowest BCUT2D eigenvalue weighted by atomic mass is 10.0. The molecule has 2 rings (SSSR count). The number of hydrogen-bond acceptors (Lipinski definition) is 8. The van der Waals surface area contributed by atoms with Crippen LogP contribution in [0.25, 0.3) is 0 Å². The molecule has 1 fully saturated rings. The molecule has 0 spiro atoms. The van der Waals surface area contributed by atoms with Gasteiger partial charge in [0.25, 0.3) is 11.8 Å². The number of thioether (sulfide) groups is 1. The van der Waals surface area contributed by atoms with E-state index >= 15 is 0 Å². The van der Waals surface area contributed by atoms with Gasteiger partial charge in [-0.3, -0.25) is 24.0 Å². The van der Waals surface area contributed by atoms with Gasteiger partial charge in [-0.05, 0) is 36.3 Å². The molecule has 1 aliphatic heterocycles. The van der Waals surface area contributed by atoms with Crippen LogP contribution in [0.4, 0.5) is 0 Å². The van der Waals surface area contributed by atoms with Crippen LogP contribution in [0.3, 0.4) is 0 Å². The molecule has 12 heteroatoms. The van der Waals surface area contributed by atoms with E-state index < -0.39 is 47.7 Å². The van der Waals surface area contributed by atoms with Crippen LogP contribution in [-0.2, 0) is 40.0 Å². The quantitative estimate of drug-likeness (QED) is 0.220. The molecule has 0 aromatic heterocycles. The van der Waals surface area contributed by atoms with E-state index in [1.54, 1.807) is 30.3 Å². The molecule has 1 aromatic carbocycles. The van der Waals surface area contributed by atoms with Gasteiger partial charge in [-0.1, -0.05) is 44.2 Å². The van der Waals surface area contributed by atoms with Crippen molar-refractivity contribution in [1.82, 2.24) is 21.0 Å². The Balaban J connectivity index is 2.21. The van der Waals surface area contributed by atoms with Crippen LogP contribution in [0.2, 0.25) is 0 Å². The maximum absolute atomic E-state index is 13.3. The van der Waals surface area contributed by atoms with Crippen LogP contribution >= 0.6 is 11.8 Å². The number of nitrogens with one attached hydrogen (secondary N) is 3. The van der Waals surface area contributed by atoms with Gasteiger partial charge in [0.15, 0.2) is 0 Å². The SMILES string of the molecule is CSCC[C@@H](NC=O)C(=O)N[C@H](CC(C)C)C(=O)N[C@H](Cc1ccccc1)C(=O)ON1C(=O)CCC1=O. The predicted octanol–water partition coefficient (Wildman–Crippen LogP) is 0.720. The fourth-order valence-corrected chi connectivity index (χ4v) is 4.18. The van der Waals surface area contributed by atoms with Crippen LogP contribution in [0.15, 0.2) is 30.3 Å². The second kappa shape index (κ2) is 15.0. The smallest absolute Gasteiger partial charge is 0.347 e. The Bertz CT molecular complexity index is 957. The average Bonchev–Trinajstić information content (AvgIpc) is 3.18. The Kier molecular flexibility index (Phi) is 12.1. The van der Waals surface area contributed by atoms with Crippen molar-refractivity contribution in [2.75, 3.05) is 12.0 Å². The maximum Gasteiger partial charge on any atom is 0.355 e. The third-order valence-corrected chi connectivity index (χ3v) is 6.25. The Morgan fingerprint density at radius 1 is 1.00 bits per heavy atom. The molecule has 1 heterocycles. The molecule has 11 nitrogen and oxygen atoms in total. The predicted molar refractivity (Wildman–Crippen MR) is 137 cm³/mol. The zero-order valence-electron chi connectivity index (χ0n) is 21.2. The number of amides is 5. The van der Waals surface area contributed by atoms with Gasteiger partial charge < -0.3 is 20.8 Å². The summed E-state index contributed by atoms with van der Waals surface area (Å²) in [6.45, 7) is 3.75. The molecule has 0 saturated carbocycles. The lowest BCUT2D eigenvalue weighted by Gasteiger charge is -2.26. The molecular formula is C25H34N4O7S. The molecule has 3 N–H and O–H groups in total. The third kappa shape index (κ3) is 9.52. The van der Waals surface area contributed by atoms with Gasteiger partial charge in [-0.25, -0.2) is 4.79 Å². The normalized spacial score (nSPS) is 15.6. The van der Waals surface area contributed by atoms with E-state index in [1.807, 2.05) is 20.1 Å². The van der Waals surface area contributed by atoms with E-state index in [2.05, 4.69) is 16.0 Å². The first-order chi connectivity index (χ1) is 17.7. The Hall–Kier alpha value is -3.41. The lowest BCUT2D eigenvalue weighted by molar-refractivity contribution is -0.199. The van der Waals surface area contributed by atoms with Crippen molar-refractivity contribution in [3.05, 3.63) is 35.9 Å². The molecule has 37 heavy (non-hydrogen) atoms. The number of rotatable bonds is 15. The highest BCUT2D eigenvalue weighted by Gasteiger charge is 2.36. The highest BCUT2D eigenvalue weighted by Crippen LogP contribution is 2.15. The molecule has 1 saturated heterocycles. The molecule has 3 atom stereocenters. The lowest BCUT2D eigenvalue weighted by Crippen LogP contribution is -2.56. The average molecular weight is 535 g/mol. The zero-order valence-corrected chi connectivity index (χ0v) is 22.0. The van der Waals surface area contributed by atoms with Gasteiger partial charge in [0.05, 0.1) is 0 Å². The Morgan fingerprint density at radius 2 is 1.59 bits per heavy atom. The minimum absolute atomic E-state index is 0.0131. The molecule has 0 bridgehead atoms. The topological polar surface area (TPSA) is 151 Å². The molecule has 1 aliphatic rings. The summed E-state index contributed by atoms with van der Waals surface area (Å²) in [6, 6.07) is 5.80. The summed E-state index contributed by atoms with van der Waals surface area (Å²) >= 11 is 1.52. The summed E-state index contributed by atoms with van der Waals surface area (Å²) in [5.74, 6) is -2.75. The fourth-order valence-electron chi connectivity index (χ4n) is 3.71. The van der Waals surface area contributed by atoms with Gasteiger partial charge in [-0.15, -0.1) is 5.06 Å². The minimum Gasteiger partial charge on any atom is -0.347 e. The summed E-state index contributed by atoms with van der Waals surface area (Å²) in [7, 11) is 0. The number of hydrogen-bond donors (Lipinski definition) is 3. The summed E-state index contributed by atoms with van der Waals surface area (Å²) in [5.41, 5.74) is 0.709. The molecule has 0 aliphatic carbocycles. The van der Waals surface area contributed by atoms with Crippen molar-refractivity contribution in [3.63, 3.8) is 0 Å². The van der Waals surface area contributed by atoms with Gasteiger partial charge in [-0.2, -0.15) is 11.8 Å². The van der Waals surface area contributed by atoms with E-state index in [1.165, 1.54) is 11.8 Å². The van der Waals surface area contributed by atoms with E-state index in [9.17, 15) is 28.8 Å². The number of nitrogens with zero attached hydrogens (tertiary/aromatic N) is 1. The number of imide groups is 1. The molecule has 5 amide bonds. The van der Waals surface area contributed by atoms with Crippen LogP contribution in [0.1, 0.15) is 45.1 Å². The molecule has 202 valence electrons. The van der Waals surface area contributed by atoms with Crippen LogP contribution in [0, 0.1) is 5.92 Å². The highest BCUT2D eigenvalue weighted by atomic mass is 32.2. The first kappa shape index (κ1) is 29.8.